The molecule has 2 aromatic heterocycles. The van der Waals surface area contributed by atoms with Crippen LogP contribution in [0.1, 0.15) is 17.2 Å². The molecule has 0 fully saturated rings. The van der Waals surface area contributed by atoms with E-state index in [1.54, 1.807) is 11.4 Å². The van der Waals surface area contributed by atoms with Crippen LogP contribution < -0.4 is 0 Å². The lowest BCUT2D eigenvalue weighted by Crippen LogP contribution is -2.01. The van der Waals surface area contributed by atoms with Crippen LogP contribution in [0.15, 0.2) is 33.7 Å². The molecule has 0 spiro atoms. The minimum atomic E-state index is -0.935. The smallest absolute Gasteiger partial charge is 0.147 e. The first-order chi connectivity index (χ1) is 7.18. The molecular weight excluding hydrogens is 281 g/mol. The van der Waals surface area contributed by atoms with Gasteiger partial charge in [-0.1, -0.05) is 0 Å². The van der Waals surface area contributed by atoms with Crippen LogP contribution in [0.2, 0.25) is 0 Å². The molecule has 2 heterocycles. The van der Waals surface area contributed by atoms with E-state index in [0.717, 1.165) is 9.98 Å². The van der Waals surface area contributed by atoms with Crippen molar-refractivity contribution >= 4 is 27.3 Å². The summed E-state index contributed by atoms with van der Waals surface area (Å²) in [5, 5.41) is 11.7. The number of aromatic nitrogens is 1. The normalized spacial score (nSPS) is 12.7. The number of hydrogen-bond acceptors (Lipinski definition) is 3. The highest BCUT2D eigenvalue weighted by molar-refractivity contribution is 9.11. The van der Waals surface area contributed by atoms with Gasteiger partial charge in [-0.3, -0.25) is 4.98 Å². The average molecular weight is 288 g/mol. The van der Waals surface area contributed by atoms with Gasteiger partial charge >= 0.3 is 0 Å². The van der Waals surface area contributed by atoms with Gasteiger partial charge in [-0.15, -0.1) is 11.3 Å². The molecule has 0 amide bonds. The van der Waals surface area contributed by atoms with E-state index in [9.17, 15) is 9.50 Å². The lowest BCUT2D eigenvalue weighted by atomic mass is 10.1. The molecule has 0 saturated heterocycles. The Hall–Kier alpha value is -0.780. The van der Waals surface area contributed by atoms with Crippen LogP contribution in [-0.4, -0.2) is 10.1 Å². The van der Waals surface area contributed by atoms with E-state index in [0.29, 0.717) is 5.56 Å². The first-order valence-electron chi connectivity index (χ1n) is 4.20. The number of nitrogens with zero attached hydrogens (tertiary/aromatic N) is 1. The van der Waals surface area contributed by atoms with Crippen LogP contribution in [-0.2, 0) is 0 Å². The highest BCUT2D eigenvalue weighted by Gasteiger charge is 2.15. The predicted octanol–water partition coefficient (Wildman–Crippen LogP) is 3.13. The summed E-state index contributed by atoms with van der Waals surface area (Å²) in [7, 11) is 0. The molecule has 0 radical (unpaired) electrons. The third-order valence-electron chi connectivity index (χ3n) is 2.00. The molecule has 1 unspecified atom stereocenters. The second-order valence-electron chi connectivity index (χ2n) is 2.98. The second kappa shape index (κ2) is 4.38. The van der Waals surface area contributed by atoms with E-state index in [4.69, 9.17) is 0 Å². The van der Waals surface area contributed by atoms with Crippen molar-refractivity contribution in [1.82, 2.24) is 4.98 Å². The maximum atomic E-state index is 13.3. The molecule has 2 rings (SSSR count). The number of aliphatic hydroxyl groups excluding tert-OH is 1. The topological polar surface area (TPSA) is 33.1 Å². The highest BCUT2D eigenvalue weighted by atomic mass is 79.9. The van der Waals surface area contributed by atoms with Gasteiger partial charge in [0.2, 0.25) is 0 Å². The lowest BCUT2D eigenvalue weighted by molar-refractivity contribution is 0.215. The van der Waals surface area contributed by atoms with Crippen LogP contribution in [0.4, 0.5) is 4.39 Å². The van der Waals surface area contributed by atoms with Crippen LogP contribution in [0.25, 0.3) is 0 Å². The summed E-state index contributed by atoms with van der Waals surface area (Å²) < 4.78 is 14.2. The number of thiophene rings is 1. The lowest BCUT2D eigenvalue weighted by Gasteiger charge is -2.09. The molecule has 1 atom stereocenters. The highest BCUT2D eigenvalue weighted by Crippen LogP contribution is 2.29. The van der Waals surface area contributed by atoms with E-state index < -0.39 is 11.9 Å². The van der Waals surface area contributed by atoms with Gasteiger partial charge in [-0.2, -0.15) is 0 Å². The number of halogens is 2. The third-order valence-corrected chi connectivity index (χ3v) is 3.52. The summed E-state index contributed by atoms with van der Waals surface area (Å²) >= 11 is 4.74. The van der Waals surface area contributed by atoms with Crippen molar-refractivity contribution in [3.63, 3.8) is 0 Å². The Labute approximate surface area is 98.5 Å². The van der Waals surface area contributed by atoms with Crippen LogP contribution in [0, 0.1) is 5.82 Å². The van der Waals surface area contributed by atoms with Gasteiger partial charge in [0.25, 0.3) is 0 Å². The molecular formula is C10H7BrFNOS. The summed E-state index contributed by atoms with van der Waals surface area (Å²) in [6.07, 6.45) is 1.62. The second-order valence-corrected chi connectivity index (χ2v) is 5.27. The SMILES string of the molecule is OC(c1csc(Br)c1)c1ccncc1F. The van der Waals surface area contributed by atoms with E-state index >= 15 is 0 Å². The Morgan fingerprint density at radius 3 is 2.93 bits per heavy atom. The van der Waals surface area contributed by atoms with Crippen LogP contribution >= 0.6 is 27.3 Å². The van der Waals surface area contributed by atoms with E-state index in [-0.39, 0.29) is 5.56 Å². The number of hydrogen-bond donors (Lipinski definition) is 1. The average Bonchev–Trinajstić information content (AvgIpc) is 2.65. The van der Waals surface area contributed by atoms with E-state index in [1.165, 1.54) is 23.6 Å². The summed E-state index contributed by atoms with van der Waals surface area (Å²) in [5.74, 6) is -0.493. The summed E-state index contributed by atoms with van der Waals surface area (Å²) in [5.41, 5.74) is 0.923. The molecule has 15 heavy (non-hydrogen) atoms. The molecule has 2 aromatic rings. The van der Waals surface area contributed by atoms with Gasteiger partial charge in [0.15, 0.2) is 0 Å². The molecule has 0 aromatic carbocycles. The molecule has 78 valence electrons. The van der Waals surface area contributed by atoms with Gasteiger partial charge < -0.3 is 5.11 Å². The van der Waals surface area contributed by atoms with E-state index in [1.807, 2.05) is 0 Å². The van der Waals surface area contributed by atoms with Gasteiger partial charge in [0.1, 0.15) is 11.9 Å². The van der Waals surface area contributed by atoms with Gasteiger partial charge in [0, 0.05) is 11.8 Å². The zero-order valence-electron chi connectivity index (χ0n) is 7.52. The summed E-state index contributed by atoms with van der Waals surface area (Å²) in [6, 6.07) is 3.25. The van der Waals surface area contributed by atoms with Gasteiger partial charge in [0.05, 0.1) is 9.98 Å². The van der Waals surface area contributed by atoms with Crippen LogP contribution in [0.3, 0.4) is 0 Å². The maximum absolute atomic E-state index is 13.3. The van der Waals surface area contributed by atoms with Crippen molar-refractivity contribution in [3.8, 4) is 0 Å². The van der Waals surface area contributed by atoms with Crippen molar-refractivity contribution in [2.45, 2.75) is 6.10 Å². The monoisotopic (exact) mass is 287 g/mol. The number of aliphatic hydroxyl groups is 1. The predicted molar refractivity (Wildman–Crippen MR) is 60.3 cm³/mol. The molecule has 0 aliphatic heterocycles. The van der Waals surface area contributed by atoms with Crippen molar-refractivity contribution in [2.75, 3.05) is 0 Å². The van der Waals surface area contributed by atoms with Crippen molar-refractivity contribution < 1.29 is 9.50 Å². The Balaban J connectivity index is 2.36. The Morgan fingerprint density at radius 1 is 1.53 bits per heavy atom. The van der Waals surface area contributed by atoms with E-state index in [2.05, 4.69) is 20.9 Å². The Kier molecular flexibility index (Phi) is 3.14. The molecule has 1 N–H and O–H groups in total. The summed E-state index contributed by atoms with van der Waals surface area (Å²) in [4.78, 5) is 3.63. The molecule has 0 aliphatic carbocycles. The quantitative estimate of drug-likeness (QED) is 0.921. The zero-order chi connectivity index (χ0) is 10.8. The fourth-order valence-electron chi connectivity index (χ4n) is 1.25. The maximum Gasteiger partial charge on any atom is 0.147 e. The molecule has 5 heteroatoms. The van der Waals surface area contributed by atoms with Crippen LogP contribution in [0.5, 0.6) is 0 Å². The number of rotatable bonds is 2. The van der Waals surface area contributed by atoms with Crippen molar-refractivity contribution in [3.05, 3.63) is 50.6 Å². The fraction of sp³-hybridized carbons (Fsp3) is 0.100. The molecule has 2 nitrogen and oxygen atoms in total. The van der Waals surface area contributed by atoms with Crippen molar-refractivity contribution in [1.29, 1.82) is 0 Å². The first kappa shape index (κ1) is 10.7. The third kappa shape index (κ3) is 2.25. The molecule has 0 aliphatic rings. The fourth-order valence-corrected chi connectivity index (χ4v) is 2.45. The Morgan fingerprint density at radius 2 is 2.33 bits per heavy atom. The standard InChI is InChI=1S/C10H7BrFNOS/c11-9-3-6(5-15-9)10(14)7-1-2-13-4-8(7)12/h1-5,10,14H. The van der Waals surface area contributed by atoms with Crippen molar-refractivity contribution in [2.24, 2.45) is 0 Å². The molecule has 0 saturated carbocycles. The summed E-state index contributed by atoms with van der Waals surface area (Å²) in [6.45, 7) is 0. The minimum absolute atomic E-state index is 0.246. The van der Waals surface area contributed by atoms with Gasteiger partial charge in [-0.25, -0.2) is 4.39 Å². The number of pyridine rings is 1. The first-order valence-corrected chi connectivity index (χ1v) is 5.87. The van der Waals surface area contributed by atoms with Gasteiger partial charge in [-0.05, 0) is 39.0 Å². The zero-order valence-corrected chi connectivity index (χ0v) is 9.93. The minimum Gasteiger partial charge on any atom is -0.384 e. The molecule has 0 bridgehead atoms. The largest absolute Gasteiger partial charge is 0.384 e. The Bertz CT molecular complexity index is 474.